The molecule has 9 heteroatoms. The predicted molar refractivity (Wildman–Crippen MR) is 131 cm³/mol. The lowest BCUT2D eigenvalue weighted by Gasteiger charge is -2.17. The monoisotopic (exact) mass is 530 g/mol. The summed E-state index contributed by atoms with van der Waals surface area (Å²) in [6, 6.07) is 0. The minimum Gasteiger partial charge on any atom is -0.462 e. The highest BCUT2D eigenvalue weighted by atomic mass is 79.9. The molecule has 0 saturated carbocycles. The Hall–Kier alpha value is -1.45. The highest BCUT2D eigenvalue weighted by molar-refractivity contribution is 9.10. The average Bonchev–Trinajstić information content (AvgIpc) is 3.15. The second kappa shape index (κ2) is 14.7. The molecule has 1 aromatic rings. The highest BCUT2D eigenvalue weighted by Crippen LogP contribution is 2.28. The Morgan fingerprint density at radius 3 is 2.42 bits per heavy atom. The van der Waals surface area contributed by atoms with E-state index in [9.17, 15) is 19.5 Å². The van der Waals surface area contributed by atoms with Crippen molar-refractivity contribution in [2.24, 2.45) is 0 Å². The van der Waals surface area contributed by atoms with Gasteiger partial charge in [-0.05, 0) is 13.3 Å². The number of aryl methyl sites for hydroxylation is 1. The lowest BCUT2D eigenvalue weighted by molar-refractivity contribution is -0.149. The maximum absolute atomic E-state index is 12.3. The van der Waals surface area contributed by atoms with E-state index in [2.05, 4.69) is 27.8 Å². The highest BCUT2D eigenvalue weighted by Gasteiger charge is 2.36. The van der Waals surface area contributed by atoms with Crippen LogP contribution in [0.1, 0.15) is 95.8 Å². The number of carbonyl (C=O) groups is 1. The Balaban J connectivity index is 1.63. The van der Waals surface area contributed by atoms with Crippen LogP contribution in [0.3, 0.4) is 0 Å². The number of nitrogens with zero attached hydrogens (tertiary/aromatic N) is 1. The van der Waals surface area contributed by atoms with Crippen LogP contribution in [0.5, 0.6) is 0 Å². The topological polar surface area (TPSA) is 111 Å². The first-order valence-corrected chi connectivity index (χ1v) is 13.2. The van der Waals surface area contributed by atoms with Gasteiger partial charge in [-0.1, -0.05) is 87.1 Å². The first-order valence-electron chi connectivity index (χ1n) is 12.3. The Morgan fingerprint density at radius 2 is 1.79 bits per heavy atom. The molecular formula is C24H39BrN2O6. The number of hydrogen-bond donors (Lipinski definition) is 2. The fraction of sp³-hybridized carbons (Fsp3) is 0.792. The summed E-state index contributed by atoms with van der Waals surface area (Å²) in [5.74, 6) is -0.373. The Bertz CT molecular complexity index is 839. The van der Waals surface area contributed by atoms with E-state index < -0.39 is 29.7 Å². The van der Waals surface area contributed by atoms with Gasteiger partial charge in [0, 0.05) is 18.2 Å². The molecule has 188 valence electrons. The fourth-order valence-corrected chi connectivity index (χ4v) is 4.48. The number of aliphatic hydroxyl groups excluding tert-OH is 1. The molecule has 1 aliphatic rings. The molecule has 1 aliphatic heterocycles. The third-order valence-corrected chi connectivity index (χ3v) is 6.95. The normalized spacial score (nSPS) is 21.3. The van der Waals surface area contributed by atoms with Gasteiger partial charge in [0.05, 0.1) is 6.10 Å². The lowest BCUT2D eigenvalue weighted by atomic mass is 10.1. The molecule has 0 aromatic carbocycles. The van der Waals surface area contributed by atoms with Gasteiger partial charge in [0.25, 0.3) is 5.56 Å². The van der Waals surface area contributed by atoms with E-state index in [1.54, 1.807) is 6.92 Å². The number of esters is 1. The van der Waals surface area contributed by atoms with Crippen LogP contribution < -0.4 is 11.2 Å². The van der Waals surface area contributed by atoms with Gasteiger partial charge >= 0.3 is 11.7 Å². The van der Waals surface area contributed by atoms with Crippen molar-refractivity contribution in [3.8, 4) is 0 Å². The standard InChI is InChI=1S/C24H39BrN2O6/c1-3-4-5-6-7-8-9-10-11-12-13-18(25)23(30)32-16-20-19(28)14-21(33-20)27-15-17(2)22(29)26-24(27)31/h15,18-21,28H,3-14,16H2,1-2H3,(H,26,29,31)/t18?,19?,20-,21-/m1/s1. The summed E-state index contributed by atoms with van der Waals surface area (Å²) < 4.78 is 12.3. The summed E-state index contributed by atoms with van der Waals surface area (Å²) >= 11 is 3.40. The van der Waals surface area contributed by atoms with Crippen molar-refractivity contribution in [1.29, 1.82) is 0 Å². The average molecular weight is 531 g/mol. The van der Waals surface area contributed by atoms with Gasteiger partial charge in [-0.15, -0.1) is 0 Å². The minimum atomic E-state index is -0.877. The number of rotatable bonds is 15. The first-order chi connectivity index (χ1) is 15.8. The van der Waals surface area contributed by atoms with E-state index in [0.717, 1.165) is 12.8 Å². The molecule has 2 rings (SSSR count). The maximum Gasteiger partial charge on any atom is 0.330 e. The second-order valence-electron chi connectivity index (χ2n) is 8.98. The number of aromatic amines is 1. The third-order valence-electron chi connectivity index (χ3n) is 6.12. The van der Waals surface area contributed by atoms with Crippen molar-refractivity contribution in [1.82, 2.24) is 9.55 Å². The number of aromatic nitrogens is 2. The van der Waals surface area contributed by atoms with Crippen LogP contribution in [0.4, 0.5) is 0 Å². The van der Waals surface area contributed by atoms with Crippen molar-refractivity contribution < 1.29 is 19.4 Å². The second-order valence-corrected chi connectivity index (χ2v) is 10.1. The molecule has 2 heterocycles. The van der Waals surface area contributed by atoms with Gasteiger partial charge in [0.2, 0.25) is 0 Å². The molecule has 0 bridgehead atoms. The first kappa shape index (κ1) is 27.8. The van der Waals surface area contributed by atoms with Crippen LogP contribution in [0, 0.1) is 6.92 Å². The van der Waals surface area contributed by atoms with Gasteiger partial charge in [0.1, 0.15) is 23.8 Å². The molecule has 2 N–H and O–H groups in total. The molecule has 0 aliphatic carbocycles. The quantitative estimate of drug-likeness (QED) is 0.200. The van der Waals surface area contributed by atoms with E-state index in [1.165, 1.54) is 62.1 Å². The van der Waals surface area contributed by atoms with Gasteiger partial charge in [-0.25, -0.2) is 4.79 Å². The molecule has 0 radical (unpaired) electrons. The number of carbonyl (C=O) groups excluding carboxylic acids is 1. The Kier molecular flexibility index (Phi) is 12.4. The fourth-order valence-electron chi connectivity index (χ4n) is 4.02. The van der Waals surface area contributed by atoms with E-state index in [1.807, 2.05) is 0 Å². The molecule has 0 spiro atoms. The molecule has 33 heavy (non-hydrogen) atoms. The zero-order valence-corrected chi connectivity index (χ0v) is 21.5. The van der Waals surface area contributed by atoms with Crippen LogP contribution in [0.25, 0.3) is 0 Å². The number of nitrogens with one attached hydrogen (secondary N) is 1. The van der Waals surface area contributed by atoms with E-state index in [4.69, 9.17) is 9.47 Å². The largest absolute Gasteiger partial charge is 0.462 e. The van der Waals surface area contributed by atoms with Gasteiger partial charge in [0.15, 0.2) is 0 Å². The molecule has 0 amide bonds. The summed E-state index contributed by atoms with van der Waals surface area (Å²) in [6.07, 6.45) is 12.4. The van der Waals surface area contributed by atoms with Crippen LogP contribution in [0.2, 0.25) is 0 Å². The summed E-state index contributed by atoms with van der Waals surface area (Å²) in [6.45, 7) is 3.73. The lowest BCUT2D eigenvalue weighted by Crippen LogP contribution is -2.33. The van der Waals surface area contributed by atoms with Gasteiger partial charge < -0.3 is 14.6 Å². The van der Waals surface area contributed by atoms with Crippen molar-refractivity contribution in [2.75, 3.05) is 6.61 Å². The molecule has 8 nitrogen and oxygen atoms in total. The Morgan fingerprint density at radius 1 is 1.18 bits per heavy atom. The third kappa shape index (κ3) is 9.37. The Labute approximate surface area is 204 Å². The number of H-pyrrole nitrogens is 1. The number of ether oxygens (including phenoxy) is 2. The zero-order valence-electron chi connectivity index (χ0n) is 19.9. The van der Waals surface area contributed by atoms with Crippen LogP contribution in [-0.4, -0.2) is 44.3 Å². The number of hydrogen-bond acceptors (Lipinski definition) is 6. The maximum atomic E-state index is 12.3. The number of unbranched alkanes of at least 4 members (excludes halogenated alkanes) is 9. The minimum absolute atomic E-state index is 0.0896. The van der Waals surface area contributed by atoms with Gasteiger partial charge in [-0.3, -0.25) is 19.1 Å². The molecular weight excluding hydrogens is 492 g/mol. The van der Waals surface area contributed by atoms with Crippen molar-refractivity contribution in [3.05, 3.63) is 32.6 Å². The van der Waals surface area contributed by atoms with Crippen LogP contribution in [0.15, 0.2) is 15.8 Å². The summed E-state index contributed by atoms with van der Waals surface area (Å²) in [7, 11) is 0. The zero-order chi connectivity index (χ0) is 24.2. The summed E-state index contributed by atoms with van der Waals surface area (Å²) in [5, 5.41) is 10.3. The van der Waals surface area contributed by atoms with E-state index >= 15 is 0 Å². The predicted octanol–water partition coefficient (Wildman–Crippen LogP) is 4.11. The van der Waals surface area contributed by atoms with Crippen molar-refractivity contribution in [2.45, 2.75) is 114 Å². The molecule has 1 fully saturated rings. The summed E-state index contributed by atoms with van der Waals surface area (Å²) in [4.78, 5) is 37.7. The molecule has 4 atom stereocenters. The van der Waals surface area contributed by atoms with Crippen LogP contribution in [-0.2, 0) is 14.3 Å². The van der Waals surface area contributed by atoms with Gasteiger partial charge in [-0.2, -0.15) is 0 Å². The molecule has 1 aromatic heterocycles. The summed E-state index contributed by atoms with van der Waals surface area (Å²) in [5.41, 5.74) is -0.680. The number of alkyl halides is 1. The number of aliphatic hydroxyl groups is 1. The van der Waals surface area contributed by atoms with Crippen LogP contribution >= 0.6 is 15.9 Å². The molecule has 1 saturated heterocycles. The van der Waals surface area contributed by atoms with Crippen molar-refractivity contribution >= 4 is 21.9 Å². The van der Waals surface area contributed by atoms with Crippen molar-refractivity contribution in [3.63, 3.8) is 0 Å². The smallest absolute Gasteiger partial charge is 0.330 e. The van der Waals surface area contributed by atoms with E-state index in [-0.39, 0.29) is 23.8 Å². The molecule has 2 unspecified atom stereocenters. The SMILES string of the molecule is CCCCCCCCCCCCC(Br)C(=O)OC[C@H]1O[C@@H](n2cc(C)c(=O)[nH]c2=O)CC1O. The number of halogens is 1. The van der Waals surface area contributed by atoms with E-state index in [0.29, 0.717) is 12.0 Å².